The molecule has 48 heavy (non-hydrogen) atoms. The Balaban J connectivity index is 1.27. The predicted octanol–water partition coefficient (Wildman–Crippen LogP) is 4.88. The second kappa shape index (κ2) is 14.5. The summed E-state index contributed by atoms with van der Waals surface area (Å²) >= 11 is 0. The summed E-state index contributed by atoms with van der Waals surface area (Å²) in [4.78, 5) is 32.2. The van der Waals surface area contributed by atoms with Crippen molar-refractivity contribution in [2.75, 3.05) is 45.9 Å². The highest BCUT2D eigenvalue weighted by atomic mass is 16.7. The van der Waals surface area contributed by atoms with E-state index >= 15 is 0 Å². The Hall–Kier alpha value is -3.63. The van der Waals surface area contributed by atoms with Crippen molar-refractivity contribution in [2.24, 2.45) is 29.6 Å². The quantitative estimate of drug-likeness (QED) is 0.331. The molecule has 3 aliphatic heterocycles. The van der Waals surface area contributed by atoms with Crippen LogP contribution in [0.4, 0.5) is 5.69 Å². The third-order valence-corrected chi connectivity index (χ3v) is 11.2. The van der Waals surface area contributed by atoms with Gasteiger partial charge in [0, 0.05) is 43.8 Å². The summed E-state index contributed by atoms with van der Waals surface area (Å²) in [6.07, 6.45) is 5.95. The van der Waals surface area contributed by atoms with Gasteiger partial charge in [0.05, 0.1) is 29.8 Å². The third-order valence-electron chi connectivity index (χ3n) is 11.2. The van der Waals surface area contributed by atoms with Gasteiger partial charge < -0.3 is 29.5 Å². The molecule has 1 aliphatic carbocycles. The minimum Gasteiger partial charge on any atom is -0.486 e. The van der Waals surface area contributed by atoms with E-state index in [1.165, 1.54) is 0 Å². The Labute approximate surface area is 285 Å². The minimum atomic E-state index is -0.372. The molecule has 8 atom stereocenters. The number of anilines is 1. The minimum absolute atomic E-state index is 0.0124. The molecule has 2 aromatic rings. The Bertz CT molecular complexity index is 1530. The molecule has 10 nitrogen and oxygen atoms in total. The first-order valence-electron chi connectivity index (χ1n) is 17.8. The summed E-state index contributed by atoms with van der Waals surface area (Å²) in [7, 11) is 4.20. The van der Waals surface area contributed by atoms with Gasteiger partial charge >= 0.3 is 0 Å². The fraction of sp³-hybridized carbons (Fsp3) is 0.605. The van der Waals surface area contributed by atoms with E-state index < -0.39 is 0 Å². The zero-order chi connectivity index (χ0) is 34.1. The molecule has 8 unspecified atom stereocenters. The Morgan fingerprint density at radius 2 is 1.96 bits per heavy atom. The summed E-state index contributed by atoms with van der Waals surface area (Å²) in [5.41, 5.74) is 2.01. The molecule has 0 aromatic heterocycles. The highest BCUT2D eigenvalue weighted by Crippen LogP contribution is 2.52. The van der Waals surface area contributed by atoms with E-state index in [2.05, 4.69) is 55.9 Å². The number of aliphatic hydroxyl groups excluding tert-OH is 1. The van der Waals surface area contributed by atoms with Gasteiger partial charge in [0.2, 0.25) is 12.7 Å². The van der Waals surface area contributed by atoms with Crippen LogP contribution in [-0.4, -0.2) is 96.3 Å². The van der Waals surface area contributed by atoms with E-state index in [0.29, 0.717) is 66.9 Å². The lowest BCUT2D eigenvalue weighted by atomic mass is 9.52. The number of hydrogen-bond donors (Lipinski definition) is 2. The predicted molar refractivity (Wildman–Crippen MR) is 185 cm³/mol. The summed E-state index contributed by atoms with van der Waals surface area (Å²) in [6, 6.07) is 11.4. The SMILES string of the molecule is CCCC1C(CC)C2C1C(C(=O)Nc1cccc3c1OC(CN(C)Cc1ccc4c(c1)OCO4)C(C)CN(C(C)CO)C3=O)CC=[N+]2C. The topological polar surface area (TPSA) is 104 Å². The summed E-state index contributed by atoms with van der Waals surface area (Å²) in [5.74, 6) is 2.92. The lowest BCUT2D eigenvalue weighted by molar-refractivity contribution is -0.586. The molecule has 3 heterocycles. The lowest BCUT2D eigenvalue weighted by Crippen LogP contribution is -2.62. The number of para-hydroxylation sites is 1. The third kappa shape index (κ3) is 6.53. The van der Waals surface area contributed by atoms with E-state index in [-0.39, 0.29) is 49.2 Å². The number of carbonyl (C=O) groups excluding carboxylic acids is 2. The van der Waals surface area contributed by atoms with Gasteiger partial charge in [-0.3, -0.25) is 14.5 Å². The van der Waals surface area contributed by atoms with Gasteiger partial charge in [-0.2, -0.15) is 0 Å². The number of fused-ring (bicyclic) bond motifs is 3. The van der Waals surface area contributed by atoms with Gasteiger partial charge in [0.25, 0.3) is 5.91 Å². The molecule has 0 bridgehead atoms. The Kier molecular flexibility index (Phi) is 10.3. The average molecular weight is 662 g/mol. The highest BCUT2D eigenvalue weighted by Gasteiger charge is 2.60. The summed E-state index contributed by atoms with van der Waals surface area (Å²) in [6.45, 7) is 10.2. The monoisotopic (exact) mass is 661 g/mol. The number of hydrogen-bond acceptors (Lipinski definition) is 7. The molecule has 0 spiro atoms. The molecular formula is C38H53N4O6+. The van der Waals surface area contributed by atoms with Crippen molar-refractivity contribution >= 4 is 23.7 Å². The lowest BCUT2D eigenvalue weighted by Gasteiger charge is -2.52. The molecule has 2 amide bonds. The molecule has 0 radical (unpaired) electrons. The van der Waals surface area contributed by atoms with Crippen molar-refractivity contribution in [3.8, 4) is 17.2 Å². The van der Waals surface area contributed by atoms with Gasteiger partial charge in [-0.25, -0.2) is 4.58 Å². The Morgan fingerprint density at radius 3 is 2.71 bits per heavy atom. The number of ether oxygens (including phenoxy) is 3. The molecule has 1 fully saturated rings. The number of nitrogens with zero attached hydrogens (tertiary/aromatic N) is 3. The van der Waals surface area contributed by atoms with Crippen LogP contribution in [0.15, 0.2) is 36.4 Å². The summed E-state index contributed by atoms with van der Waals surface area (Å²) in [5, 5.41) is 13.4. The van der Waals surface area contributed by atoms with E-state index in [1.54, 1.807) is 11.0 Å². The van der Waals surface area contributed by atoms with Gasteiger partial charge in [-0.1, -0.05) is 39.3 Å². The number of aliphatic hydroxyl groups is 1. The fourth-order valence-corrected chi connectivity index (χ4v) is 8.67. The molecule has 260 valence electrons. The van der Waals surface area contributed by atoms with Gasteiger partial charge in [-0.05, 0) is 62.6 Å². The van der Waals surface area contributed by atoms with Crippen molar-refractivity contribution in [1.82, 2.24) is 9.80 Å². The van der Waals surface area contributed by atoms with Gasteiger partial charge in [0.1, 0.15) is 19.4 Å². The van der Waals surface area contributed by atoms with Crippen molar-refractivity contribution in [3.63, 3.8) is 0 Å². The van der Waals surface area contributed by atoms with Crippen molar-refractivity contribution in [2.45, 2.75) is 78.1 Å². The smallest absolute Gasteiger partial charge is 0.258 e. The van der Waals surface area contributed by atoms with Gasteiger partial charge in [-0.15, -0.1) is 0 Å². The first-order valence-corrected chi connectivity index (χ1v) is 17.8. The highest BCUT2D eigenvalue weighted by molar-refractivity contribution is 6.02. The maximum atomic E-state index is 14.2. The molecule has 4 aliphatic rings. The summed E-state index contributed by atoms with van der Waals surface area (Å²) < 4.78 is 20.2. The zero-order valence-corrected chi connectivity index (χ0v) is 29.4. The largest absolute Gasteiger partial charge is 0.486 e. The zero-order valence-electron chi connectivity index (χ0n) is 29.4. The maximum absolute atomic E-state index is 14.2. The van der Waals surface area contributed by atoms with Crippen molar-refractivity contribution < 1.29 is 33.5 Å². The standard InChI is InChI=1S/C38H52N4O6/c1-7-10-27-26(8-2)35-34(27)28(15-16-41(35)6)37(44)39-30-12-9-11-29-36(30)48-33(23(3)18-42(38(29)45)24(4)21-43)20-40(5)19-25-13-14-31-32(17-25)47-22-46-31/h9,11-14,16-17,23-24,26-28,33-35,43H,7-8,10,15,18-22H2,1-6H3/p+1. The molecule has 2 aromatic carbocycles. The molecule has 10 heteroatoms. The van der Waals surface area contributed by atoms with Gasteiger partial charge in [0.15, 0.2) is 23.3 Å². The second-order valence-corrected chi connectivity index (χ2v) is 14.5. The van der Waals surface area contributed by atoms with Crippen LogP contribution in [0.3, 0.4) is 0 Å². The molecule has 6 rings (SSSR count). The van der Waals surface area contributed by atoms with Crippen molar-refractivity contribution in [1.29, 1.82) is 0 Å². The van der Waals surface area contributed by atoms with Crippen LogP contribution >= 0.6 is 0 Å². The molecule has 2 N–H and O–H groups in total. The van der Waals surface area contributed by atoms with E-state index in [4.69, 9.17) is 14.2 Å². The van der Waals surface area contributed by atoms with Crippen LogP contribution < -0.4 is 19.5 Å². The molecule has 1 saturated carbocycles. The first kappa shape index (κ1) is 34.2. The maximum Gasteiger partial charge on any atom is 0.258 e. The number of likely N-dealkylation sites (N-methyl/N-ethyl adjacent to an activating group) is 1. The van der Waals surface area contributed by atoms with Crippen LogP contribution in [0.5, 0.6) is 17.2 Å². The van der Waals surface area contributed by atoms with Crippen molar-refractivity contribution in [3.05, 3.63) is 47.5 Å². The van der Waals surface area contributed by atoms with Crippen LogP contribution in [0, 0.1) is 29.6 Å². The van der Waals surface area contributed by atoms with Crippen LogP contribution in [-0.2, 0) is 11.3 Å². The number of benzene rings is 2. The number of rotatable bonds is 11. The fourth-order valence-electron chi connectivity index (χ4n) is 8.67. The molecular weight excluding hydrogens is 608 g/mol. The van der Waals surface area contributed by atoms with Crippen LogP contribution in [0.2, 0.25) is 0 Å². The Morgan fingerprint density at radius 1 is 1.17 bits per heavy atom. The first-order chi connectivity index (χ1) is 23.1. The number of amides is 2. The van der Waals surface area contributed by atoms with Crippen LogP contribution in [0.25, 0.3) is 0 Å². The van der Waals surface area contributed by atoms with Crippen LogP contribution in [0.1, 0.15) is 69.3 Å². The number of carbonyl (C=O) groups is 2. The number of nitrogens with one attached hydrogen (secondary N) is 1. The molecule has 0 saturated heterocycles. The van der Waals surface area contributed by atoms with E-state index in [0.717, 1.165) is 36.3 Å². The van der Waals surface area contributed by atoms with E-state index in [1.807, 2.05) is 37.3 Å². The second-order valence-electron chi connectivity index (χ2n) is 14.5. The average Bonchev–Trinajstić information content (AvgIpc) is 3.54. The normalized spacial score (nSPS) is 28.3. The van der Waals surface area contributed by atoms with E-state index in [9.17, 15) is 14.7 Å².